The standard InChI is InChI=1S/C17H21BrN4O/c1-21-7-5-12(6-8-21)13-3-4-16(19-10-13)20-15-9-14(18)11-22(2)17(15)23/h3-4,9-12H,5-8H2,1-2H3,(H,19,20). The number of nitrogens with zero attached hydrogens (tertiary/aromatic N) is 3. The Morgan fingerprint density at radius 1 is 1.26 bits per heavy atom. The lowest BCUT2D eigenvalue weighted by molar-refractivity contribution is 0.255. The fraction of sp³-hybridized carbons (Fsp3) is 0.412. The van der Waals surface area contributed by atoms with E-state index in [1.807, 2.05) is 12.3 Å². The molecule has 2 aromatic rings. The molecule has 122 valence electrons. The van der Waals surface area contributed by atoms with Crippen LogP contribution >= 0.6 is 15.9 Å². The average Bonchev–Trinajstić information content (AvgIpc) is 2.54. The fourth-order valence-electron chi connectivity index (χ4n) is 2.96. The van der Waals surface area contributed by atoms with Gasteiger partial charge in [-0.3, -0.25) is 4.79 Å². The lowest BCUT2D eigenvalue weighted by Crippen LogP contribution is -2.29. The zero-order valence-corrected chi connectivity index (χ0v) is 15.0. The summed E-state index contributed by atoms with van der Waals surface area (Å²) in [6.07, 6.45) is 6.03. The van der Waals surface area contributed by atoms with E-state index in [0.29, 0.717) is 17.4 Å². The van der Waals surface area contributed by atoms with Gasteiger partial charge in [0.1, 0.15) is 11.5 Å². The van der Waals surface area contributed by atoms with Gasteiger partial charge in [-0.05, 0) is 72.5 Å². The second-order valence-electron chi connectivity index (χ2n) is 6.17. The van der Waals surface area contributed by atoms with E-state index < -0.39 is 0 Å². The van der Waals surface area contributed by atoms with Crippen LogP contribution in [0.3, 0.4) is 0 Å². The zero-order chi connectivity index (χ0) is 16.4. The monoisotopic (exact) mass is 376 g/mol. The Morgan fingerprint density at radius 3 is 2.65 bits per heavy atom. The predicted octanol–water partition coefficient (Wildman–Crippen LogP) is 3.10. The Hall–Kier alpha value is -1.66. The molecule has 1 aliphatic rings. The van der Waals surface area contributed by atoms with E-state index in [-0.39, 0.29) is 5.56 Å². The van der Waals surface area contributed by atoms with E-state index in [4.69, 9.17) is 0 Å². The number of likely N-dealkylation sites (tertiary alicyclic amines) is 1. The number of anilines is 2. The van der Waals surface area contributed by atoms with Gasteiger partial charge in [0.25, 0.3) is 5.56 Å². The number of hydrogen-bond donors (Lipinski definition) is 1. The number of aryl methyl sites for hydroxylation is 1. The molecule has 3 heterocycles. The van der Waals surface area contributed by atoms with Crippen LogP contribution in [0.2, 0.25) is 0 Å². The van der Waals surface area contributed by atoms with Crippen LogP contribution in [0.1, 0.15) is 24.3 Å². The van der Waals surface area contributed by atoms with Crippen molar-refractivity contribution in [2.45, 2.75) is 18.8 Å². The SMILES string of the molecule is CN1CCC(c2ccc(Nc3cc(Br)cn(C)c3=O)nc2)CC1. The van der Waals surface area contributed by atoms with Crippen LogP contribution in [0, 0.1) is 0 Å². The second kappa shape index (κ2) is 6.84. The van der Waals surface area contributed by atoms with Crippen molar-refractivity contribution in [3.8, 4) is 0 Å². The highest BCUT2D eigenvalue weighted by molar-refractivity contribution is 9.10. The van der Waals surface area contributed by atoms with Gasteiger partial charge >= 0.3 is 0 Å². The second-order valence-corrected chi connectivity index (χ2v) is 7.08. The molecule has 0 atom stereocenters. The normalized spacial score (nSPS) is 16.5. The zero-order valence-electron chi connectivity index (χ0n) is 13.4. The Bertz CT molecular complexity index is 733. The molecule has 0 radical (unpaired) electrons. The lowest BCUT2D eigenvalue weighted by Gasteiger charge is -2.29. The molecule has 1 aliphatic heterocycles. The van der Waals surface area contributed by atoms with Gasteiger partial charge in [0.05, 0.1) is 0 Å². The third-order valence-corrected chi connectivity index (χ3v) is 4.82. The van der Waals surface area contributed by atoms with Crippen molar-refractivity contribution in [2.24, 2.45) is 7.05 Å². The fourth-order valence-corrected chi connectivity index (χ4v) is 3.50. The van der Waals surface area contributed by atoms with Crippen molar-refractivity contribution >= 4 is 27.4 Å². The highest BCUT2D eigenvalue weighted by Crippen LogP contribution is 2.27. The Balaban J connectivity index is 1.74. The maximum Gasteiger partial charge on any atom is 0.274 e. The third-order valence-electron chi connectivity index (χ3n) is 4.39. The van der Waals surface area contributed by atoms with Crippen molar-refractivity contribution in [2.75, 3.05) is 25.5 Å². The highest BCUT2D eigenvalue weighted by Gasteiger charge is 2.18. The molecule has 2 aromatic heterocycles. The van der Waals surface area contributed by atoms with E-state index >= 15 is 0 Å². The summed E-state index contributed by atoms with van der Waals surface area (Å²) in [5.41, 5.74) is 1.72. The van der Waals surface area contributed by atoms with E-state index in [2.05, 4.69) is 44.2 Å². The highest BCUT2D eigenvalue weighted by atomic mass is 79.9. The first-order chi connectivity index (χ1) is 11.0. The van der Waals surface area contributed by atoms with Crippen molar-refractivity contribution in [3.63, 3.8) is 0 Å². The molecular formula is C17H21BrN4O. The molecule has 5 nitrogen and oxygen atoms in total. The van der Waals surface area contributed by atoms with Gasteiger partial charge in [0, 0.05) is 23.9 Å². The largest absolute Gasteiger partial charge is 0.336 e. The molecule has 1 fully saturated rings. The van der Waals surface area contributed by atoms with Gasteiger partial charge in [0.15, 0.2) is 0 Å². The Kier molecular flexibility index (Phi) is 4.82. The first-order valence-corrected chi connectivity index (χ1v) is 8.60. The van der Waals surface area contributed by atoms with E-state index in [9.17, 15) is 4.79 Å². The first kappa shape index (κ1) is 16.2. The minimum atomic E-state index is -0.0746. The number of aromatic nitrogens is 2. The summed E-state index contributed by atoms with van der Waals surface area (Å²) in [7, 11) is 3.90. The molecule has 23 heavy (non-hydrogen) atoms. The van der Waals surface area contributed by atoms with Crippen molar-refractivity contribution in [3.05, 3.63) is 51.0 Å². The van der Waals surface area contributed by atoms with E-state index in [0.717, 1.165) is 17.6 Å². The average molecular weight is 377 g/mol. The van der Waals surface area contributed by atoms with E-state index in [1.54, 1.807) is 23.9 Å². The molecule has 0 unspecified atom stereocenters. The maximum absolute atomic E-state index is 12.1. The van der Waals surface area contributed by atoms with E-state index in [1.165, 1.54) is 18.4 Å². The molecular weight excluding hydrogens is 356 g/mol. The summed E-state index contributed by atoms with van der Waals surface area (Å²) < 4.78 is 2.39. The van der Waals surface area contributed by atoms with Gasteiger partial charge in [-0.15, -0.1) is 0 Å². The summed E-state index contributed by atoms with van der Waals surface area (Å²) in [6, 6.07) is 5.84. The molecule has 0 aromatic carbocycles. The minimum Gasteiger partial charge on any atom is -0.336 e. The van der Waals surface area contributed by atoms with Crippen LogP contribution in [-0.4, -0.2) is 34.6 Å². The summed E-state index contributed by atoms with van der Waals surface area (Å²) >= 11 is 3.40. The Labute approximate surface area is 144 Å². The third kappa shape index (κ3) is 3.82. The molecule has 0 bridgehead atoms. The van der Waals surface area contributed by atoms with Crippen molar-refractivity contribution in [1.82, 2.24) is 14.5 Å². The molecule has 1 N–H and O–H groups in total. The molecule has 6 heteroatoms. The lowest BCUT2D eigenvalue weighted by atomic mass is 9.91. The Morgan fingerprint density at radius 2 is 2.00 bits per heavy atom. The first-order valence-electron chi connectivity index (χ1n) is 7.80. The van der Waals surface area contributed by atoms with Gasteiger partial charge in [-0.1, -0.05) is 6.07 Å². The van der Waals surface area contributed by atoms with Gasteiger partial charge in [-0.2, -0.15) is 0 Å². The molecule has 0 saturated carbocycles. The summed E-state index contributed by atoms with van der Waals surface area (Å²) in [6.45, 7) is 2.28. The quantitative estimate of drug-likeness (QED) is 0.893. The molecule has 0 aliphatic carbocycles. The molecule has 3 rings (SSSR count). The van der Waals surface area contributed by atoms with Gasteiger partial charge in [-0.25, -0.2) is 4.98 Å². The number of pyridine rings is 2. The minimum absolute atomic E-state index is 0.0746. The van der Waals surface area contributed by atoms with Gasteiger partial charge in [0.2, 0.25) is 0 Å². The molecule has 0 amide bonds. The summed E-state index contributed by atoms with van der Waals surface area (Å²) in [4.78, 5) is 19.0. The van der Waals surface area contributed by atoms with Crippen molar-refractivity contribution in [1.29, 1.82) is 0 Å². The smallest absolute Gasteiger partial charge is 0.274 e. The van der Waals surface area contributed by atoms with Crippen LogP contribution < -0.4 is 10.9 Å². The summed E-state index contributed by atoms with van der Waals surface area (Å²) in [5.74, 6) is 1.28. The number of hydrogen-bond acceptors (Lipinski definition) is 4. The number of nitrogens with one attached hydrogen (secondary N) is 1. The topological polar surface area (TPSA) is 50.2 Å². The van der Waals surface area contributed by atoms with Gasteiger partial charge < -0.3 is 14.8 Å². The molecule has 0 spiro atoms. The van der Waals surface area contributed by atoms with Crippen LogP contribution in [0.25, 0.3) is 0 Å². The summed E-state index contributed by atoms with van der Waals surface area (Å²) in [5, 5.41) is 3.11. The van der Waals surface area contributed by atoms with Crippen LogP contribution in [-0.2, 0) is 7.05 Å². The maximum atomic E-state index is 12.1. The van der Waals surface area contributed by atoms with Crippen LogP contribution in [0.5, 0.6) is 0 Å². The predicted molar refractivity (Wildman–Crippen MR) is 96.4 cm³/mol. The van der Waals surface area contributed by atoms with Crippen LogP contribution in [0.4, 0.5) is 11.5 Å². The number of rotatable bonds is 3. The van der Waals surface area contributed by atoms with Crippen LogP contribution in [0.15, 0.2) is 39.9 Å². The number of halogens is 1. The van der Waals surface area contributed by atoms with Crippen molar-refractivity contribution < 1.29 is 0 Å². The number of piperidine rings is 1. The molecule has 1 saturated heterocycles.